The second kappa shape index (κ2) is 11.7. The summed E-state index contributed by atoms with van der Waals surface area (Å²) in [5, 5.41) is 0. The predicted octanol–water partition coefficient (Wildman–Crippen LogP) is 9.17. The van der Waals surface area contributed by atoms with Gasteiger partial charge in [0, 0.05) is 63.7 Å². The third-order valence-corrected chi connectivity index (χ3v) is 12.9. The molecule has 0 amide bonds. The molecule has 2 fully saturated rings. The summed E-state index contributed by atoms with van der Waals surface area (Å²) in [6.07, 6.45) is 4.58. The van der Waals surface area contributed by atoms with Gasteiger partial charge in [0.05, 0.1) is 5.41 Å². The zero-order valence-corrected chi connectivity index (χ0v) is 32.6. The molecular formula is C47H54N6. The second-order valence-electron chi connectivity index (χ2n) is 18.3. The van der Waals surface area contributed by atoms with Crippen LogP contribution in [0.3, 0.4) is 0 Å². The van der Waals surface area contributed by atoms with Gasteiger partial charge in [0.25, 0.3) is 0 Å². The first-order chi connectivity index (χ1) is 25.5. The molecular weight excluding hydrogens is 649 g/mol. The van der Waals surface area contributed by atoms with Crippen LogP contribution in [-0.4, -0.2) is 74.1 Å². The maximum absolute atomic E-state index is 5.12. The molecule has 0 radical (unpaired) electrons. The highest BCUT2D eigenvalue weighted by Gasteiger charge is 2.53. The summed E-state index contributed by atoms with van der Waals surface area (Å²) in [6, 6.07) is 29.6. The Kier molecular flexibility index (Phi) is 7.30. The van der Waals surface area contributed by atoms with Crippen LogP contribution < -0.4 is 9.80 Å². The number of nitrogens with zero attached hydrogens (tertiary/aromatic N) is 6. The molecule has 4 aromatic carbocycles. The molecule has 272 valence electrons. The minimum Gasteiger partial charge on any atom is -0.342 e. The van der Waals surface area contributed by atoms with Crippen LogP contribution in [0.1, 0.15) is 101 Å². The van der Waals surface area contributed by atoms with Crippen molar-refractivity contribution >= 4 is 23.3 Å². The SMILES string of the molecule is CC(C)(C)c1ccc2c(c1)C1(c3cc(N4CCCN5CCCN=C54)ccc3-2)c2cc(N3CCCN4CCCN=C43)ccc2-c2ccc(C(C)(C)C)cc21. The van der Waals surface area contributed by atoms with Gasteiger partial charge in [0.2, 0.25) is 11.9 Å². The molecule has 4 aromatic rings. The molecule has 10 rings (SSSR count). The van der Waals surface area contributed by atoms with Crippen molar-refractivity contribution in [2.24, 2.45) is 9.98 Å². The number of aliphatic imine (C=N–C) groups is 2. The van der Waals surface area contributed by atoms with Crippen molar-refractivity contribution in [1.29, 1.82) is 0 Å². The minimum absolute atomic E-state index is 0.0162. The van der Waals surface area contributed by atoms with Crippen LogP contribution in [0, 0.1) is 0 Å². The number of guanidine groups is 2. The number of hydrogen-bond acceptors (Lipinski definition) is 6. The topological polar surface area (TPSA) is 37.7 Å². The van der Waals surface area contributed by atoms with Crippen molar-refractivity contribution in [1.82, 2.24) is 9.80 Å². The average molecular weight is 703 g/mol. The Morgan fingerprint density at radius 1 is 0.453 bits per heavy atom. The molecule has 0 aromatic heterocycles. The normalized spacial score (nSPS) is 20.0. The summed E-state index contributed by atoms with van der Waals surface area (Å²) in [5.41, 5.74) is 16.0. The fraction of sp³-hybridized carbons (Fsp3) is 0.447. The summed E-state index contributed by atoms with van der Waals surface area (Å²) >= 11 is 0. The van der Waals surface area contributed by atoms with Gasteiger partial charge in [-0.15, -0.1) is 0 Å². The highest BCUT2D eigenvalue weighted by Crippen LogP contribution is 2.64. The van der Waals surface area contributed by atoms with Crippen molar-refractivity contribution in [3.63, 3.8) is 0 Å². The van der Waals surface area contributed by atoms with E-state index in [1.54, 1.807) is 0 Å². The third kappa shape index (κ3) is 4.89. The molecule has 2 saturated heterocycles. The Balaban J connectivity index is 1.27. The first kappa shape index (κ1) is 33.0. The van der Waals surface area contributed by atoms with Gasteiger partial charge in [-0.1, -0.05) is 90.1 Å². The molecule has 1 spiro atoms. The summed E-state index contributed by atoms with van der Waals surface area (Å²) in [6.45, 7) is 22.4. The van der Waals surface area contributed by atoms with Gasteiger partial charge in [0.1, 0.15) is 0 Å². The average Bonchev–Trinajstić information content (AvgIpc) is 3.62. The van der Waals surface area contributed by atoms with Crippen molar-refractivity contribution in [3.8, 4) is 22.3 Å². The molecule has 2 aliphatic carbocycles. The van der Waals surface area contributed by atoms with E-state index in [1.165, 1.54) is 67.0 Å². The number of fused-ring (bicyclic) bond motifs is 12. The quantitative estimate of drug-likeness (QED) is 0.180. The molecule has 0 saturated carbocycles. The van der Waals surface area contributed by atoms with Gasteiger partial charge in [-0.25, -0.2) is 0 Å². The summed E-state index contributed by atoms with van der Waals surface area (Å²) in [5.74, 6) is 2.32. The monoisotopic (exact) mass is 702 g/mol. The van der Waals surface area contributed by atoms with Crippen LogP contribution in [0.4, 0.5) is 11.4 Å². The molecule has 0 unspecified atom stereocenters. The van der Waals surface area contributed by atoms with Gasteiger partial charge in [-0.2, -0.15) is 0 Å². The standard InChI is InChI=1S/C47H54N6/c1-45(2,3)31-11-15-35-37-17-13-33(52-25-9-23-50-21-7-19-48-43(50)52)29-41(37)47(39(35)27-31)40-28-32(46(4,5)6)12-16-36(40)38-18-14-34(30-42(38)47)53-26-10-24-51-22-8-20-49-44(51)53/h11-18,27-30H,7-10,19-26H2,1-6H3. The first-order valence-electron chi connectivity index (χ1n) is 20.3. The molecule has 4 heterocycles. The highest BCUT2D eigenvalue weighted by atomic mass is 15.4. The molecule has 4 aliphatic heterocycles. The van der Waals surface area contributed by atoms with Gasteiger partial charge in [-0.05, 0) is 116 Å². The third-order valence-electron chi connectivity index (χ3n) is 12.9. The van der Waals surface area contributed by atoms with Crippen LogP contribution in [0.25, 0.3) is 22.3 Å². The zero-order chi connectivity index (χ0) is 36.3. The largest absolute Gasteiger partial charge is 0.342 e. The summed E-state index contributed by atoms with van der Waals surface area (Å²) in [4.78, 5) is 20.3. The molecule has 0 bridgehead atoms. The fourth-order valence-electron chi connectivity index (χ4n) is 10.2. The van der Waals surface area contributed by atoms with E-state index in [0.29, 0.717) is 0 Å². The van der Waals surface area contributed by atoms with Crippen molar-refractivity contribution in [3.05, 3.63) is 106 Å². The maximum atomic E-state index is 5.12. The van der Waals surface area contributed by atoms with E-state index in [4.69, 9.17) is 9.98 Å². The number of anilines is 2. The lowest BCUT2D eigenvalue weighted by molar-refractivity contribution is 0.360. The summed E-state index contributed by atoms with van der Waals surface area (Å²) in [7, 11) is 0. The number of hydrogen-bond donors (Lipinski definition) is 0. The zero-order valence-electron chi connectivity index (χ0n) is 32.6. The van der Waals surface area contributed by atoms with Crippen molar-refractivity contribution in [2.45, 2.75) is 83.5 Å². The van der Waals surface area contributed by atoms with Crippen LogP contribution in [-0.2, 0) is 16.2 Å². The lowest BCUT2D eigenvalue weighted by Gasteiger charge is -2.42. The van der Waals surface area contributed by atoms with E-state index in [2.05, 4.69) is 134 Å². The highest BCUT2D eigenvalue weighted by molar-refractivity contribution is 6.02. The predicted molar refractivity (Wildman–Crippen MR) is 221 cm³/mol. The fourth-order valence-corrected chi connectivity index (χ4v) is 10.2. The van der Waals surface area contributed by atoms with E-state index in [-0.39, 0.29) is 10.8 Å². The van der Waals surface area contributed by atoms with Crippen molar-refractivity contribution < 1.29 is 0 Å². The van der Waals surface area contributed by atoms with Crippen LogP contribution in [0.5, 0.6) is 0 Å². The minimum atomic E-state index is -0.461. The molecule has 6 nitrogen and oxygen atoms in total. The molecule has 0 N–H and O–H groups in total. The number of benzene rings is 4. The molecule has 0 atom stereocenters. The van der Waals surface area contributed by atoms with E-state index in [0.717, 1.165) is 90.0 Å². The van der Waals surface area contributed by atoms with E-state index in [9.17, 15) is 0 Å². The van der Waals surface area contributed by atoms with E-state index in [1.807, 2.05) is 0 Å². The Morgan fingerprint density at radius 3 is 1.25 bits per heavy atom. The molecule has 53 heavy (non-hydrogen) atoms. The Hall–Kier alpha value is -4.58. The Morgan fingerprint density at radius 2 is 0.830 bits per heavy atom. The Bertz CT molecular complexity index is 2060. The van der Waals surface area contributed by atoms with Crippen molar-refractivity contribution in [2.75, 3.05) is 62.2 Å². The van der Waals surface area contributed by atoms with Gasteiger partial charge in [-0.3, -0.25) is 9.98 Å². The van der Waals surface area contributed by atoms with Gasteiger partial charge in [0.15, 0.2) is 0 Å². The first-order valence-corrected chi connectivity index (χ1v) is 20.3. The van der Waals surface area contributed by atoms with E-state index >= 15 is 0 Å². The van der Waals surface area contributed by atoms with E-state index < -0.39 is 5.41 Å². The molecule has 6 heteroatoms. The van der Waals surface area contributed by atoms with Gasteiger partial charge >= 0.3 is 0 Å². The molecule has 6 aliphatic rings. The van der Waals surface area contributed by atoms with Gasteiger partial charge < -0.3 is 19.6 Å². The lowest BCUT2D eigenvalue weighted by Crippen LogP contribution is -2.52. The lowest BCUT2D eigenvalue weighted by atomic mass is 9.68. The maximum Gasteiger partial charge on any atom is 0.201 e. The second-order valence-corrected chi connectivity index (χ2v) is 18.3. The van der Waals surface area contributed by atoms with Crippen LogP contribution in [0.15, 0.2) is 82.8 Å². The summed E-state index contributed by atoms with van der Waals surface area (Å²) < 4.78 is 0. The van der Waals surface area contributed by atoms with Crippen LogP contribution >= 0.6 is 0 Å². The van der Waals surface area contributed by atoms with Crippen LogP contribution in [0.2, 0.25) is 0 Å². The smallest absolute Gasteiger partial charge is 0.201 e. The number of rotatable bonds is 2. The Labute approximate surface area is 316 Å².